The van der Waals surface area contributed by atoms with Crippen molar-refractivity contribution in [1.29, 1.82) is 0 Å². The van der Waals surface area contributed by atoms with Crippen molar-refractivity contribution in [3.63, 3.8) is 0 Å². The van der Waals surface area contributed by atoms with Crippen molar-refractivity contribution in [1.82, 2.24) is 10.2 Å². The number of aliphatic hydroxyl groups excluding tert-OH is 2. The average Bonchev–Trinajstić information content (AvgIpc) is 3.61. The van der Waals surface area contributed by atoms with Crippen LogP contribution in [0.3, 0.4) is 0 Å². The van der Waals surface area contributed by atoms with Gasteiger partial charge >= 0.3 is 0 Å². The Morgan fingerprint density at radius 2 is 2.09 bits per heavy atom. The van der Waals surface area contributed by atoms with E-state index in [4.69, 9.17) is 14.2 Å². The van der Waals surface area contributed by atoms with Crippen LogP contribution in [-0.4, -0.2) is 91.5 Å². The van der Waals surface area contributed by atoms with Gasteiger partial charge < -0.3 is 34.6 Å². The number of hydrogen-bond acceptors (Lipinski definition) is 8. The van der Waals surface area contributed by atoms with Gasteiger partial charge in [-0.15, -0.1) is 0 Å². The number of ether oxygens (including phenoxy) is 3. The molecule has 2 aliphatic carbocycles. The Hall–Kier alpha value is -2.95. The molecule has 4 atom stereocenters. The van der Waals surface area contributed by atoms with Crippen molar-refractivity contribution in [3.8, 4) is 11.5 Å². The number of nitrogens with one attached hydrogen (secondary N) is 1. The summed E-state index contributed by atoms with van der Waals surface area (Å²) >= 11 is 0. The minimum Gasteiger partial charge on any atom is -0.493 e. The molecule has 0 saturated heterocycles. The summed E-state index contributed by atoms with van der Waals surface area (Å²) in [7, 11) is 1.45. The molecule has 4 rings (SSSR count). The summed E-state index contributed by atoms with van der Waals surface area (Å²) in [6.07, 6.45) is 2.26. The number of amides is 2. The molecular weight excluding hydrogens is 456 g/mol. The van der Waals surface area contributed by atoms with Crippen LogP contribution in [0, 0.1) is 5.92 Å². The molecule has 3 N–H and O–H groups in total. The maximum absolute atomic E-state index is 13.2. The van der Waals surface area contributed by atoms with E-state index < -0.39 is 30.1 Å². The predicted octanol–water partition coefficient (Wildman–Crippen LogP) is 0.405. The maximum Gasteiger partial charge on any atom is 0.249 e. The molecule has 10 nitrogen and oxygen atoms in total. The first-order valence-electron chi connectivity index (χ1n) is 11.9. The van der Waals surface area contributed by atoms with Crippen LogP contribution in [0.25, 0.3) is 0 Å². The minimum absolute atomic E-state index is 0.0429. The fourth-order valence-corrected chi connectivity index (χ4v) is 4.80. The molecule has 4 unspecified atom stereocenters. The van der Waals surface area contributed by atoms with E-state index in [0.717, 1.165) is 12.8 Å². The molecular formula is C25H32N2O8. The Morgan fingerprint density at radius 1 is 1.31 bits per heavy atom. The highest BCUT2D eigenvalue weighted by Crippen LogP contribution is 2.51. The van der Waals surface area contributed by atoms with E-state index in [2.05, 4.69) is 5.32 Å². The maximum atomic E-state index is 13.2. The lowest BCUT2D eigenvalue weighted by molar-refractivity contribution is -0.142. The van der Waals surface area contributed by atoms with Gasteiger partial charge in [-0.25, -0.2) is 0 Å². The zero-order chi connectivity index (χ0) is 25.1. The van der Waals surface area contributed by atoms with Crippen LogP contribution in [-0.2, 0) is 14.3 Å². The fourth-order valence-electron chi connectivity index (χ4n) is 4.80. The lowest BCUT2D eigenvalue weighted by atomic mass is 9.77. The molecule has 1 aromatic carbocycles. The first kappa shape index (κ1) is 25.2. The normalized spacial score (nSPS) is 24.5. The summed E-state index contributed by atoms with van der Waals surface area (Å²) in [5, 5.41) is 23.4. The lowest BCUT2D eigenvalue weighted by Crippen LogP contribution is -2.56. The lowest BCUT2D eigenvalue weighted by Gasteiger charge is -2.40. The number of nitrogens with zero attached hydrogens (tertiary/aromatic N) is 1. The van der Waals surface area contributed by atoms with E-state index in [1.165, 1.54) is 13.2 Å². The average molecular weight is 489 g/mol. The van der Waals surface area contributed by atoms with Gasteiger partial charge in [0.05, 0.1) is 25.7 Å². The standard InChI is InChI=1S/C25H32N2O8/c1-3-34-13-20(30)27(11-14-4-5-14)18-10-17(25(32)26-6-7-28)21-16-8-15(12-29)9-19(33-2)23(16)35-24(21)22(18)31/h8-10,12,14,18,21-22,24,28,31H,3-7,11,13H2,1-2H3,(H,26,32). The summed E-state index contributed by atoms with van der Waals surface area (Å²) in [6.45, 7) is 2.30. The zero-order valence-corrected chi connectivity index (χ0v) is 19.9. The molecule has 10 heteroatoms. The van der Waals surface area contributed by atoms with Gasteiger partial charge in [0.1, 0.15) is 25.1 Å². The smallest absolute Gasteiger partial charge is 0.249 e. The summed E-state index contributed by atoms with van der Waals surface area (Å²) in [5.41, 5.74) is 1.19. The Kier molecular flexibility index (Phi) is 7.73. The van der Waals surface area contributed by atoms with Gasteiger partial charge in [0.25, 0.3) is 0 Å². The molecule has 1 heterocycles. The zero-order valence-electron chi connectivity index (χ0n) is 19.9. The minimum atomic E-state index is -1.14. The van der Waals surface area contributed by atoms with Crippen molar-refractivity contribution >= 4 is 18.1 Å². The number of carbonyl (C=O) groups excluding carboxylic acids is 3. The van der Waals surface area contributed by atoms with Crippen LogP contribution in [0.15, 0.2) is 23.8 Å². The number of methoxy groups -OCH3 is 1. The monoisotopic (exact) mass is 488 g/mol. The Morgan fingerprint density at radius 3 is 2.71 bits per heavy atom. The molecule has 1 fully saturated rings. The highest BCUT2D eigenvalue weighted by molar-refractivity contribution is 5.96. The van der Waals surface area contributed by atoms with Crippen LogP contribution in [0.2, 0.25) is 0 Å². The van der Waals surface area contributed by atoms with Crippen molar-refractivity contribution in [2.45, 2.75) is 43.9 Å². The summed E-state index contributed by atoms with van der Waals surface area (Å²) in [4.78, 5) is 39.4. The summed E-state index contributed by atoms with van der Waals surface area (Å²) in [6, 6.07) is 2.34. The second kappa shape index (κ2) is 10.8. The van der Waals surface area contributed by atoms with Crippen LogP contribution in [0.4, 0.5) is 0 Å². The third-order valence-electron chi connectivity index (χ3n) is 6.67. The molecule has 2 amide bonds. The number of aliphatic hydroxyl groups is 2. The largest absolute Gasteiger partial charge is 0.493 e. The molecule has 190 valence electrons. The van der Waals surface area contributed by atoms with Gasteiger partial charge in [-0.05, 0) is 43.9 Å². The first-order valence-corrected chi connectivity index (χ1v) is 11.9. The Labute approximate surface area is 203 Å². The Balaban J connectivity index is 1.77. The number of fused-ring (bicyclic) bond motifs is 3. The molecule has 0 bridgehead atoms. The molecule has 1 saturated carbocycles. The van der Waals surface area contributed by atoms with Crippen LogP contribution >= 0.6 is 0 Å². The van der Waals surface area contributed by atoms with Crippen LogP contribution < -0.4 is 14.8 Å². The summed E-state index contributed by atoms with van der Waals surface area (Å²) < 4.78 is 16.9. The van der Waals surface area contributed by atoms with Gasteiger partial charge in [0, 0.05) is 36.4 Å². The van der Waals surface area contributed by atoms with E-state index in [-0.39, 0.29) is 25.7 Å². The van der Waals surface area contributed by atoms with E-state index >= 15 is 0 Å². The quantitative estimate of drug-likeness (QED) is 0.381. The molecule has 35 heavy (non-hydrogen) atoms. The Bertz CT molecular complexity index is 1010. The number of aldehydes is 1. The predicted molar refractivity (Wildman–Crippen MR) is 124 cm³/mol. The second-order valence-electron chi connectivity index (χ2n) is 9.03. The first-order chi connectivity index (χ1) is 16.9. The number of rotatable bonds is 11. The van der Waals surface area contributed by atoms with Crippen molar-refractivity contribution in [3.05, 3.63) is 34.9 Å². The number of benzene rings is 1. The molecule has 0 spiro atoms. The topological polar surface area (TPSA) is 135 Å². The number of hydrogen-bond donors (Lipinski definition) is 3. The SMILES string of the molecule is CCOCC(=O)N(CC1CC1)C1C=C(C(=O)NCCO)C2c3cc(C=O)cc(OC)c3OC2C1O. The number of carbonyl (C=O) groups is 3. The third kappa shape index (κ3) is 5.05. The summed E-state index contributed by atoms with van der Waals surface area (Å²) in [5.74, 6) is -0.398. The molecule has 1 aliphatic heterocycles. The van der Waals surface area contributed by atoms with Crippen molar-refractivity contribution < 1.29 is 38.8 Å². The molecule has 0 radical (unpaired) electrons. The van der Waals surface area contributed by atoms with Gasteiger partial charge in [-0.2, -0.15) is 0 Å². The molecule has 1 aromatic rings. The molecule has 0 aromatic heterocycles. The van der Waals surface area contributed by atoms with Gasteiger partial charge in [-0.1, -0.05) is 0 Å². The third-order valence-corrected chi connectivity index (χ3v) is 6.67. The van der Waals surface area contributed by atoms with Crippen LogP contribution in [0.5, 0.6) is 11.5 Å². The second-order valence-corrected chi connectivity index (χ2v) is 9.03. The van der Waals surface area contributed by atoms with E-state index in [1.54, 1.807) is 24.0 Å². The molecule has 3 aliphatic rings. The van der Waals surface area contributed by atoms with Gasteiger partial charge in [-0.3, -0.25) is 14.4 Å². The van der Waals surface area contributed by atoms with E-state index in [1.807, 2.05) is 0 Å². The van der Waals surface area contributed by atoms with E-state index in [9.17, 15) is 24.6 Å². The van der Waals surface area contributed by atoms with Crippen molar-refractivity contribution in [2.24, 2.45) is 5.92 Å². The highest BCUT2D eigenvalue weighted by Gasteiger charge is 2.51. The van der Waals surface area contributed by atoms with Crippen LogP contribution in [0.1, 0.15) is 41.6 Å². The van der Waals surface area contributed by atoms with E-state index in [0.29, 0.717) is 53.6 Å². The van der Waals surface area contributed by atoms with Gasteiger partial charge in [0.15, 0.2) is 11.5 Å². The van der Waals surface area contributed by atoms with Crippen molar-refractivity contribution in [2.75, 3.05) is 40.0 Å². The fraction of sp³-hybridized carbons (Fsp3) is 0.560. The highest BCUT2D eigenvalue weighted by atomic mass is 16.5. The van der Waals surface area contributed by atoms with Gasteiger partial charge in [0.2, 0.25) is 11.8 Å².